The summed E-state index contributed by atoms with van der Waals surface area (Å²) in [6.07, 6.45) is -4.86. The van der Waals surface area contributed by atoms with E-state index in [-0.39, 0.29) is 30.5 Å². The number of imide groups is 1. The lowest BCUT2D eigenvalue weighted by molar-refractivity contribution is -0.274. The number of nitrogens with zero attached hydrogens (tertiary/aromatic N) is 1. The number of anilines is 1. The zero-order valence-electron chi connectivity index (χ0n) is 18.7. The minimum Gasteiger partial charge on any atom is -0.406 e. The Morgan fingerprint density at radius 3 is 2.21 bits per heavy atom. The fraction of sp³-hybridized carbons (Fsp3) is 0.333. The summed E-state index contributed by atoms with van der Waals surface area (Å²) in [5.74, 6) is -1.39. The highest BCUT2D eigenvalue weighted by Crippen LogP contribution is 2.32. The van der Waals surface area contributed by atoms with Crippen LogP contribution in [0, 0.1) is 13.8 Å². The molecule has 3 rings (SSSR count). The Morgan fingerprint density at radius 2 is 1.64 bits per heavy atom. The number of ether oxygens (including phenoxy) is 2. The van der Waals surface area contributed by atoms with E-state index in [4.69, 9.17) is 4.74 Å². The number of carbonyl (C=O) groups is 2. The molecule has 9 heteroatoms. The fourth-order valence-electron chi connectivity index (χ4n) is 3.32. The maximum atomic E-state index is 13.2. The van der Waals surface area contributed by atoms with Crippen LogP contribution in [0.4, 0.5) is 18.9 Å². The third-order valence-corrected chi connectivity index (χ3v) is 5.09. The van der Waals surface area contributed by atoms with Crippen LogP contribution in [-0.2, 0) is 14.3 Å². The molecule has 2 aromatic carbocycles. The highest BCUT2D eigenvalue weighted by Gasteiger charge is 2.39. The Kier molecular flexibility index (Phi) is 7.12. The van der Waals surface area contributed by atoms with Crippen LogP contribution in [0.3, 0.4) is 0 Å². The lowest BCUT2D eigenvalue weighted by Gasteiger charge is -2.16. The molecule has 33 heavy (non-hydrogen) atoms. The maximum absolute atomic E-state index is 13.2. The van der Waals surface area contributed by atoms with Gasteiger partial charge in [-0.2, -0.15) is 0 Å². The Balaban J connectivity index is 1.93. The van der Waals surface area contributed by atoms with E-state index in [2.05, 4.69) is 10.1 Å². The molecule has 0 spiro atoms. The van der Waals surface area contributed by atoms with Crippen molar-refractivity contribution in [2.24, 2.45) is 0 Å². The van der Waals surface area contributed by atoms with Crippen molar-refractivity contribution in [3.8, 4) is 5.75 Å². The maximum Gasteiger partial charge on any atom is 0.573 e. The molecule has 1 aliphatic heterocycles. The standard InChI is InChI=1S/C24H25F3N2O4/c1-14(2)32-12-11-29-22(30)20(17-6-5-15(3)16(4)13-17)21(23(29)31)28-18-7-9-19(10-8-18)33-24(25,26)27/h5-10,13-14,28H,11-12H2,1-4H3. The van der Waals surface area contributed by atoms with Crippen molar-refractivity contribution in [2.75, 3.05) is 18.5 Å². The van der Waals surface area contributed by atoms with Gasteiger partial charge in [0, 0.05) is 5.69 Å². The Morgan fingerprint density at radius 1 is 0.970 bits per heavy atom. The molecular formula is C24H25F3N2O4. The molecule has 0 aliphatic carbocycles. The average molecular weight is 462 g/mol. The molecule has 1 heterocycles. The fourth-order valence-corrected chi connectivity index (χ4v) is 3.32. The van der Waals surface area contributed by atoms with Crippen molar-refractivity contribution in [2.45, 2.75) is 40.2 Å². The zero-order chi connectivity index (χ0) is 24.3. The predicted octanol–water partition coefficient (Wildman–Crippen LogP) is 4.82. The number of aryl methyl sites for hydroxylation is 2. The summed E-state index contributed by atoms with van der Waals surface area (Å²) in [6.45, 7) is 7.81. The van der Waals surface area contributed by atoms with Crippen molar-refractivity contribution < 1.29 is 32.2 Å². The molecule has 0 saturated heterocycles. The molecule has 1 aliphatic rings. The van der Waals surface area contributed by atoms with Gasteiger partial charge >= 0.3 is 6.36 Å². The molecule has 2 aromatic rings. The number of benzene rings is 2. The summed E-state index contributed by atoms with van der Waals surface area (Å²) >= 11 is 0. The molecule has 0 unspecified atom stereocenters. The molecule has 2 amide bonds. The molecule has 0 bridgehead atoms. The van der Waals surface area contributed by atoms with Crippen LogP contribution in [0.25, 0.3) is 5.57 Å². The Bertz CT molecular complexity index is 1080. The lowest BCUT2D eigenvalue weighted by Crippen LogP contribution is -2.35. The van der Waals surface area contributed by atoms with Crippen LogP contribution in [-0.4, -0.2) is 42.3 Å². The number of halogens is 3. The van der Waals surface area contributed by atoms with Crippen LogP contribution in [0.5, 0.6) is 5.75 Å². The Labute approximate surface area is 190 Å². The smallest absolute Gasteiger partial charge is 0.406 e. The molecule has 0 fully saturated rings. The summed E-state index contributed by atoms with van der Waals surface area (Å²) in [7, 11) is 0. The van der Waals surface area contributed by atoms with E-state index in [1.54, 1.807) is 6.07 Å². The molecule has 1 N–H and O–H groups in total. The normalized spacial score (nSPS) is 14.5. The summed E-state index contributed by atoms with van der Waals surface area (Å²) in [4.78, 5) is 27.5. The molecule has 0 aromatic heterocycles. The first kappa shape index (κ1) is 24.3. The third kappa shape index (κ3) is 5.92. The number of carbonyl (C=O) groups excluding carboxylic acids is 2. The van der Waals surface area contributed by atoms with Gasteiger partial charge in [0.2, 0.25) is 0 Å². The number of amides is 2. The van der Waals surface area contributed by atoms with Gasteiger partial charge in [-0.3, -0.25) is 14.5 Å². The number of hydrogen-bond acceptors (Lipinski definition) is 5. The van der Waals surface area contributed by atoms with Gasteiger partial charge in [-0.15, -0.1) is 13.2 Å². The number of alkyl halides is 3. The second-order valence-electron chi connectivity index (χ2n) is 7.93. The first-order valence-electron chi connectivity index (χ1n) is 10.4. The molecule has 0 atom stereocenters. The van der Waals surface area contributed by atoms with E-state index in [9.17, 15) is 22.8 Å². The predicted molar refractivity (Wildman–Crippen MR) is 117 cm³/mol. The van der Waals surface area contributed by atoms with Gasteiger partial charge in [-0.1, -0.05) is 18.2 Å². The van der Waals surface area contributed by atoms with Crippen LogP contribution in [0.1, 0.15) is 30.5 Å². The summed E-state index contributed by atoms with van der Waals surface area (Å²) in [5.41, 5.74) is 3.15. The topological polar surface area (TPSA) is 67.9 Å². The van der Waals surface area contributed by atoms with Gasteiger partial charge < -0.3 is 14.8 Å². The summed E-state index contributed by atoms with van der Waals surface area (Å²) < 4.78 is 46.6. The van der Waals surface area contributed by atoms with Gasteiger partial charge in [0.25, 0.3) is 11.8 Å². The SMILES string of the molecule is Cc1ccc(C2=C(Nc3ccc(OC(F)(F)F)cc3)C(=O)N(CCOC(C)C)C2=O)cc1C. The van der Waals surface area contributed by atoms with Crippen LogP contribution < -0.4 is 10.1 Å². The molecule has 0 saturated carbocycles. The van der Waals surface area contributed by atoms with Gasteiger partial charge in [0.1, 0.15) is 11.4 Å². The summed E-state index contributed by atoms with van der Waals surface area (Å²) in [5, 5.41) is 2.91. The van der Waals surface area contributed by atoms with Crippen molar-refractivity contribution in [3.63, 3.8) is 0 Å². The van der Waals surface area contributed by atoms with E-state index >= 15 is 0 Å². The molecule has 0 radical (unpaired) electrons. The van der Waals surface area contributed by atoms with Crippen molar-refractivity contribution in [1.82, 2.24) is 4.90 Å². The highest BCUT2D eigenvalue weighted by atomic mass is 19.4. The van der Waals surface area contributed by atoms with E-state index < -0.39 is 23.9 Å². The number of rotatable bonds is 8. The van der Waals surface area contributed by atoms with E-state index in [1.165, 1.54) is 12.1 Å². The number of nitrogens with one attached hydrogen (secondary N) is 1. The van der Waals surface area contributed by atoms with Crippen LogP contribution in [0.2, 0.25) is 0 Å². The van der Waals surface area contributed by atoms with Crippen molar-refractivity contribution in [1.29, 1.82) is 0 Å². The van der Waals surface area contributed by atoms with Crippen molar-refractivity contribution >= 4 is 23.1 Å². The minimum absolute atomic E-state index is 0.0530. The minimum atomic E-state index is -4.81. The first-order chi connectivity index (χ1) is 15.5. The monoisotopic (exact) mass is 462 g/mol. The zero-order valence-corrected chi connectivity index (χ0v) is 18.7. The van der Waals surface area contributed by atoms with Crippen LogP contribution >= 0.6 is 0 Å². The highest BCUT2D eigenvalue weighted by molar-refractivity contribution is 6.36. The molecular weight excluding hydrogens is 437 g/mol. The van der Waals surface area contributed by atoms with Crippen LogP contribution in [0.15, 0.2) is 48.2 Å². The van der Waals surface area contributed by atoms with E-state index in [0.717, 1.165) is 28.2 Å². The van der Waals surface area contributed by atoms with Crippen molar-refractivity contribution in [3.05, 3.63) is 64.9 Å². The Hall–Kier alpha value is -3.33. The third-order valence-electron chi connectivity index (χ3n) is 5.09. The molecule has 6 nitrogen and oxygen atoms in total. The first-order valence-corrected chi connectivity index (χ1v) is 10.4. The number of hydrogen-bond donors (Lipinski definition) is 1. The van der Waals surface area contributed by atoms with E-state index in [0.29, 0.717) is 11.3 Å². The van der Waals surface area contributed by atoms with Gasteiger partial charge in [-0.25, -0.2) is 0 Å². The second-order valence-corrected chi connectivity index (χ2v) is 7.93. The van der Waals surface area contributed by atoms with Gasteiger partial charge in [-0.05, 0) is 68.7 Å². The quantitative estimate of drug-likeness (QED) is 0.570. The second kappa shape index (κ2) is 9.66. The van der Waals surface area contributed by atoms with Gasteiger partial charge in [0.05, 0.1) is 24.8 Å². The molecule has 176 valence electrons. The lowest BCUT2D eigenvalue weighted by atomic mass is 9.99. The largest absolute Gasteiger partial charge is 0.573 e. The van der Waals surface area contributed by atoms with Gasteiger partial charge in [0.15, 0.2) is 0 Å². The average Bonchev–Trinajstić information content (AvgIpc) is 2.94. The van der Waals surface area contributed by atoms with E-state index in [1.807, 2.05) is 39.8 Å². The summed E-state index contributed by atoms with van der Waals surface area (Å²) in [6, 6.07) is 10.4.